The van der Waals surface area contributed by atoms with Gasteiger partial charge in [0, 0.05) is 24.8 Å². The van der Waals surface area contributed by atoms with Gasteiger partial charge in [-0.1, -0.05) is 11.6 Å². The first-order chi connectivity index (χ1) is 9.98. The van der Waals surface area contributed by atoms with Gasteiger partial charge in [-0.15, -0.1) is 0 Å². The van der Waals surface area contributed by atoms with E-state index in [1.807, 2.05) is 0 Å². The quantitative estimate of drug-likeness (QED) is 0.858. The molecule has 2 saturated heterocycles. The van der Waals surface area contributed by atoms with Crippen molar-refractivity contribution in [3.05, 3.63) is 23.2 Å². The monoisotopic (exact) mass is 329 g/mol. The van der Waals surface area contributed by atoms with E-state index in [0.29, 0.717) is 24.8 Å². The zero-order valence-electron chi connectivity index (χ0n) is 11.8. The molecule has 1 atom stereocenters. The van der Waals surface area contributed by atoms with Crippen LogP contribution in [0, 0.1) is 0 Å². The van der Waals surface area contributed by atoms with Crippen LogP contribution in [0.5, 0.6) is 0 Å². The zero-order valence-corrected chi connectivity index (χ0v) is 13.4. The Hall–Kier alpha value is -0.820. The number of halogens is 1. The Morgan fingerprint density at radius 1 is 1.19 bits per heavy atom. The van der Waals surface area contributed by atoms with Crippen LogP contribution in [0.4, 0.5) is 5.69 Å². The van der Waals surface area contributed by atoms with Gasteiger partial charge in [0.15, 0.2) is 0 Å². The van der Waals surface area contributed by atoms with Gasteiger partial charge in [-0.25, -0.2) is 8.42 Å². The molecule has 2 heterocycles. The lowest BCUT2D eigenvalue weighted by molar-refractivity contribution is 0.251. The Morgan fingerprint density at radius 2 is 1.90 bits per heavy atom. The van der Waals surface area contributed by atoms with Gasteiger partial charge < -0.3 is 5.73 Å². The maximum atomic E-state index is 12.7. The van der Waals surface area contributed by atoms with Crippen molar-refractivity contribution in [3.63, 3.8) is 0 Å². The van der Waals surface area contributed by atoms with Crippen molar-refractivity contribution >= 4 is 27.3 Å². The largest absolute Gasteiger partial charge is 0.399 e. The molecule has 0 radical (unpaired) electrons. The summed E-state index contributed by atoms with van der Waals surface area (Å²) in [7, 11) is -3.56. The summed E-state index contributed by atoms with van der Waals surface area (Å²) in [6.07, 6.45) is 3.31. The van der Waals surface area contributed by atoms with Crippen molar-refractivity contribution < 1.29 is 8.42 Å². The minimum absolute atomic E-state index is 0.117. The molecule has 2 fully saturated rings. The van der Waals surface area contributed by atoms with E-state index >= 15 is 0 Å². The molecular formula is C14H20ClN3O2S. The molecule has 5 nitrogen and oxygen atoms in total. The molecule has 0 aliphatic carbocycles. The summed E-state index contributed by atoms with van der Waals surface area (Å²) in [6, 6.07) is 4.93. The van der Waals surface area contributed by atoms with E-state index in [0.717, 1.165) is 19.5 Å². The molecule has 2 aliphatic heterocycles. The molecule has 21 heavy (non-hydrogen) atoms. The molecule has 0 bridgehead atoms. The van der Waals surface area contributed by atoms with Crippen LogP contribution in [-0.4, -0.2) is 49.8 Å². The number of hydrogen-bond donors (Lipinski definition) is 1. The highest BCUT2D eigenvalue weighted by atomic mass is 35.5. The number of nitrogens with zero attached hydrogens (tertiary/aromatic N) is 2. The summed E-state index contributed by atoms with van der Waals surface area (Å²) in [6.45, 7) is 3.26. The van der Waals surface area contributed by atoms with Crippen LogP contribution in [0.1, 0.15) is 19.3 Å². The summed E-state index contributed by atoms with van der Waals surface area (Å²) < 4.78 is 27.0. The molecule has 2 N–H and O–H groups in total. The van der Waals surface area contributed by atoms with Crippen molar-refractivity contribution in [1.29, 1.82) is 0 Å². The van der Waals surface area contributed by atoms with E-state index in [4.69, 9.17) is 17.3 Å². The van der Waals surface area contributed by atoms with Gasteiger partial charge in [0.1, 0.15) is 4.90 Å². The van der Waals surface area contributed by atoms with Crippen molar-refractivity contribution in [2.45, 2.75) is 30.2 Å². The Kier molecular flexibility index (Phi) is 4.14. The van der Waals surface area contributed by atoms with Gasteiger partial charge >= 0.3 is 0 Å². The summed E-state index contributed by atoms with van der Waals surface area (Å²) in [5.74, 6) is 0. The first kappa shape index (κ1) is 15.1. The fraction of sp³-hybridized carbons (Fsp3) is 0.571. The van der Waals surface area contributed by atoms with E-state index < -0.39 is 10.0 Å². The fourth-order valence-electron chi connectivity index (χ4n) is 3.19. The molecule has 0 amide bonds. The van der Waals surface area contributed by atoms with E-state index in [1.54, 1.807) is 6.07 Å². The summed E-state index contributed by atoms with van der Waals surface area (Å²) in [5.41, 5.74) is 6.11. The number of benzene rings is 1. The van der Waals surface area contributed by atoms with Crippen LogP contribution >= 0.6 is 11.6 Å². The fourth-order valence-corrected chi connectivity index (χ4v) is 5.19. The van der Waals surface area contributed by atoms with Gasteiger partial charge in [0.25, 0.3) is 0 Å². The van der Waals surface area contributed by atoms with E-state index in [1.165, 1.54) is 29.3 Å². The maximum absolute atomic E-state index is 12.7. The van der Waals surface area contributed by atoms with Crippen LogP contribution < -0.4 is 5.73 Å². The summed E-state index contributed by atoms with van der Waals surface area (Å²) in [4.78, 5) is 2.52. The second-order valence-electron chi connectivity index (χ2n) is 5.74. The van der Waals surface area contributed by atoms with E-state index in [2.05, 4.69) is 4.90 Å². The van der Waals surface area contributed by atoms with Gasteiger partial charge in [-0.2, -0.15) is 4.31 Å². The Labute approximate surface area is 130 Å². The molecule has 0 aromatic heterocycles. The predicted molar refractivity (Wildman–Crippen MR) is 83.8 cm³/mol. The topological polar surface area (TPSA) is 66.6 Å². The molecule has 1 aromatic rings. The second kappa shape index (κ2) is 5.76. The third kappa shape index (κ3) is 2.90. The van der Waals surface area contributed by atoms with Crippen LogP contribution in [-0.2, 0) is 10.0 Å². The minimum atomic E-state index is -3.56. The smallest absolute Gasteiger partial charge is 0.244 e. The lowest BCUT2D eigenvalue weighted by atomic mass is 10.2. The maximum Gasteiger partial charge on any atom is 0.244 e. The third-order valence-corrected chi connectivity index (χ3v) is 6.70. The molecule has 0 saturated carbocycles. The first-order valence-electron chi connectivity index (χ1n) is 7.28. The van der Waals surface area contributed by atoms with Gasteiger partial charge in [0.2, 0.25) is 10.0 Å². The number of nitrogen functional groups attached to an aromatic ring is 1. The highest BCUT2D eigenvalue weighted by Gasteiger charge is 2.36. The average molecular weight is 330 g/mol. The van der Waals surface area contributed by atoms with Gasteiger partial charge in [-0.3, -0.25) is 4.90 Å². The van der Waals surface area contributed by atoms with Crippen LogP contribution in [0.3, 0.4) is 0 Å². The third-order valence-electron chi connectivity index (χ3n) is 4.36. The Morgan fingerprint density at radius 3 is 2.62 bits per heavy atom. The average Bonchev–Trinajstić information content (AvgIpc) is 3.11. The summed E-state index contributed by atoms with van der Waals surface area (Å²) in [5, 5.41) is 0.230. The van der Waals surface area contributed by atoms with Gasteiger partial charge in [-0.05, 0) is 50.6 Å². The number of nitrogens with two attached hydrogens (primary N) is 1. The molecule has 1 unspecified atom stereocenters. The number of likely N-dealkylation sites (tertiary alicyclic amines) is 1. The predicted octanol–water partition coefficient (Wildman–Crippen LogP) is 1.78. The summed E-state index contributed by atoms with van der Waals surface area (Å²) >= 11 is 6.05. The van der Waals surface area contributed by atoms with E-state index in [-0.39, 0.29) is 9.92 Å². The van der Waals surface area contributed by atoms with Gasteiger partial charge in [0.05, 0.1) is 5.02 Å². The molecule has 2 aliphatic rings. The number of anilines is 1. The lowest BCUT2D eigenvalue weighted by Gasteiger charge is -2.23. The first-order valence-corrected chi connectivity index (χ1v) is 9.09. The van der Waals surface area contributed by atoms with Crippen LogP contribution in [0.25, 0.3) is 0 Å². The van der Waals surface area contributed by atoms with Crippen molar-refractivity contribution in [3.8, 4) is 0 Å². The molecule has 1 aromatic carbocycles. The number of sulfonamides is 1. The SMILES string of the molecule is Nc1ccc(Cl)c(S(=O)(=O)N2CCC(N3CCCC3)C2)c1. The molecule has 116 valence electrons. The molecule has 7 heteroatoms. The normalized spacial score (nSPS) is 24.7. The highest BCUT2D eigenvalue weighted by molar-refractivity contribution is 7.89. The molecule has 3 rings (SSSR count). The lowest BCUT2D eigenvalue weighted by Crippen LogP contribution is -2.37. The van der Waals surface area contributed by atoms with Crippen LogP contribution in [0.2, 0.25) is 5.02 Å². The van der Waals surface area contributed by atoms with Crippen molar-refractivity contribution in [2.75, 3.05) is 31.9 Å². The zero-order chi connectivity index (χ0) is 15.0. The molecule has 0 spiro atoms. The number of rotatable bonds is 3. The standard InChI is InChI=1S/C14H20ClN3O2S/c15-13-4-3-11(16)9-14(13)21(19,20)18-8-5-12(10-18)17-6-1-2-7-17/h3-4,9,12H,1-2,5-8,10,16H2. The van der Waals surface area contributed by atoms with Crippen molar-refractivity contribution in [2.24, 2.45) is 0 Å². The second-order valence-corrected chi connectivity index (χ2v) is 8.05. The molecular weight excluding hydrogens is 310 g/mol. The highest BCUT2D eigenvalue weighted by Crippen LogP contribution is 2.30. The van der Waals surface area contributed by atoms with Crippen LogP contribution in [0.15, 0.2) is 23.1 Å². The number of hydrogen-bond acceptors (Lipinski definition) is 4. The van der Waals surface area contributed by atoms with Crippen molar-refractivity contribution in [1.82, 2.24) is 9.21 Å². The minimum Gasteiger partial charge on any atom is -0.399 e. The van der Waals surface area contributed by atoms with E-state index in [9.17, 15) is 8.42 Å². The Balaban J connectivity index is 1.81. The Bertz CT molecular complexity index is 629.